The topological polar surface area (TPSA) is 122 Å². The highest BCUT2D eigenvalue weighted by molar-refractivity contribution is 5.91. The first-order chi connectivity index (χ1) is 9.31. The van der Waals surface area contributed by atoms with Gasteiger partial charge in [0.25, 0.3) is 5.69 Å². The van der Waals surface area contributed by atoms with Crippen molar-refractivity contribution in [3.63, 3.8) is 0 Å². The predicted molar refractivity (Wildman–Crippen MR) is 71.7 cm³/mol. The van der Waals surface area contributed by atoms with Gasteiger partial charge >= 0.3 is 12.0 Å². The molecule has 0 saturated carbocycles. The molecule has 0 radical (unpaired) electrons. The van der Waals surface area contributed by atoms with Gasteiger partial charge in [-0.15, -0.1) is 0 Å². The van der Waals surface area contributed by atoms with Crippen LogP contribution in [0.15, 0.2) is 18.2 Å². The van der Waals surface area contributed by atoms with Crippen molar-refractivity contribution in [2.45, 2.75) is 26.3 Å². The summed E-state index contributed by atoms with van der Waals surface area (Å²) in [5, 5.41) is 24.2. The zero-order valence-corrected chi connectivity index (χ0v) is 11.0. The van der Waals surface area contributed by atoms with Crippen molar-refractivity contribution < 1.29 is 19.6 Å². The van der Waals surface area contributed by atoms with Crippen molar-refractivity contribution in [2.75, 3.05) is 5.32 Å². The molecule has 0 bridgehead atoms. The molecule has 0 aliphatic rings. The van der Waals surface area contributed by atoms with Crippen molar-refractivity contribution in [1.82, 2.24) is 5.32 Å². The van der Waals surface area contributed by atoms with Gasteiger partial charge in [-0.05, 0) is 19.9 Å². The van der Waals surface area contributed by atoms with Gasteiger partial charge in [-0.1, -0.05) is 6.07 Å². The molecule has 1 atom stereocenters. The van der Waals surface area contributed by atoms with Crippen molar-refractivity contribution in [3.05, 3.63) is 33.9 Å². The van der Waals surface area contributed by atoms with Crippen molar-refractivity contribution in [3.8, 4) is 0 Å². The lowest BCUT2D eigenvalue weighted by Gasteiger charge is -2.13. The van der Waals surface area contributed by atoms with E-state index < -0.39 is 23.0 Å². The van der Waals surface area contributed by atoms with E-state index in [1.54, 1.807) is 6.92 Å². The lowest BCUT2D eigenvalue weighted by atomic mass is 10.1. The summed E-state index contributed by atoms with van der Waals surface area (Å²) in [6.45, 7) is 3.07. The molecule has 8 heteroatoms. The summed E-state index contributed by atoms with van der Waals surface area (Å²) in [5.41, 5.74) is 0.541. The number of anilines is 1. The van der Waals surface area contributed by atoms with E-state index in [-0.39, 0.29) is 12.1 Å². The van der Waals surface area contributed by atoms with Gasteiger partial charge < -0.3 is 15.7 Å². The number of nitro groups is 1. The van der Waals surface area contributed by atoms with Gasteiger partial charge in [-0.25, -0.2) is 4.79 Å². The number of hydrogen-bond donors (Lipinski definition) is 3. The highest BCUT2D eigenvalue weighted by Gasteiger charge is 2.16. The Balaban J connectivity index is 2.74. The van der Waals surface area contributed by atoms with Gasteiger partial charge in [0.2, 0.25) is 0 Å². The summed E-state index contributed by atoms with van der Waals surface area (Å²) < 4.78 is 0. The number of urea groups is 1. The summed E-state index contributed by atoms with van der Waals surface area (Å²) >= 11 is 0. The van der Waals surface area contributed by atoms with E-state index >= 15 is 0 Å². The molecule has 3 N–H and O–H groups in total. The Morgan fingerprint density at radius 3 is 2.65 bits per heavy atom. The van der Waals surface area contributed by atoms with Crippen molar-refractivity contribution >= 4 is 23.4 Å². The van der Waals surface area contributed by atoms with Crippen LogP contribution in [-0.2, 0) is 4.79 Å². The number of nitrogens with one attached hydrogen (secondary N) is 2. The van der Waals surface area contributed by atoms with E-state index in [0.29, 0.717) is 11.3 Å². The standard InChI is InChI=1S/C12H15N3O5/c1-7(6-11(16)17)13-12(18)14-9-4-3-5-10(8(9)2)15(19)20/h3-5,7H,6H2,1-2H3,(H,16,17)(H2,13,14,18). The molecule has 0 fully saturated rings. The van der Waals surface area contributed by atoms with E-state index in [2.05, 4.69) is 10.6 Å². The van der Waals surface area contributed by atoms with Gasteiger partial charge in [-0.3, -0.25) is 14.9 Å². The average Bonchev–Trinajstić information content (AvgIpc) is 2.29. The smallest absolute Gasteiger partial charge is 0.319 e. The first-order valence-corrected chi connectivity index (χ1v) is 5.84. The maximum atomic E-state index is 11.7. The number of nitrogens with zero attached hydrogens (tertiary/aromatic N) is 1. The van der Waals surface area contributed by atoms with Crippen LogP contribution in [0, 0.1) is 17.0 Å². The molecule has 1 rings (SSSR count). The van der Waals surface area contributed by atoms with E-state index in [4.69, 9.17) is 5.11 Å². The van der Waals surface area contributed by atoms with Crippen LogP contribution in [0.2, 0.25) is 0 Å². The molecule has 0 aliphatic carbocycles. The number of nitro benzene ring substituents is 1. The zero-order chi connectivity index (χ0) is 15.3. The molecule has 0 heterocycles. The number of carbonyl (C=O) groups is 2. The molecule has 0 aromatic heterocycles. The molecular formula is C12H15N3O5. The number of amides is 2. The van der Waals surface area contributed by atoms with Crippen molar-refractivity contribution in [1.29, 1.82) is 0 Å². The Morgan fingerprint density at radius 1 is 1.45 bits per heavy atom. The molecule has 0 aliphatic heterocycles. The van der Waals surface area contributed by atoms with E-state index in [0.717, 1.165) is 0 Å². The lowest BCUT2D eigenvalue weighted by Crippen LogP contribution is -2.37. The minimum atomic E-state index is -1.02. The third kappa shape index (κ3) is 4.23. The van der Waals surface area contributed by atoms with Crippen molar-refractivity contribution in [2.24, 2.45) is 0 Å². The summed E-state index contributed by atoms with van der Waals surface area (Å²) in [7, 11) is 0. The molecule has 1 unspecified atom stereocenters. The molecule has 0 saturated heterocycles. The number of carboxylic acid groups (broad SMARTS) is 1. The molecule has 1 aromatic rings. The van der Waals surface area contributed by atoms with Crippen LogP contribution >= 0.6 is 0 Å². The predicted octanol–water partition coefficient (Wildman–Crippen LogP) is 1.89. The van der Waals surface area contributed by atoms with Crippen LogP contribution in [0.4, 0.5) is 16.2 Å². The minimum Gasteiger partial charge on any atom is -0.481 e. The summed E-state index contributed by atoms with van der Waals surface area (Å²) in [6, 6.07) is 3.17. The van der Waals surface area contributed by atoms with E-state index in [1.807, 2.05) is 0 Å². The number of benzene rings is 1. The number of carboxylic acids is 1. The molecule has 1 aromatic carbocycles. The fraction of sp³-hybridized carbons (Fsp3) is 0.333. The molecule has 8 nitrogen and oxygen atoms in total. The molecule has 2 amide bonds. The Labute approximate surface area is 114 Å². The molecule has 20 heavy (non-hydrogen) atoms. The summed E-state index contributed by atoms with van der Waals surface area (Å²) in [6.07, 6.45) is -0.207. The first kappa shape index (κ1) is 15.4. The van der Waals surface area contributed by atoms with Gasteiger partial charge in [0.05, 0.1) is 22.6 Å². The zero-order valence-electron chi connectivity index (χ0n) is 11.0. The maximum absolute atomic E-state index is 11.7. The third-order valence-corrected chi connectivity index (χ3v) is 2.61. The lowest BCUT2D eigenvalue weighted by molar-refractivity contribution is -0.385. The Morgan fingerprint density at radius 2 is 2.10 bits per heavy atom. The van der Waals surface area contributed by atoms with Gasteiger partial charge in [0.15, 0.2) is 0 Å². The number of aliphatic carboxylic acids is 1. The fourth-order valence-corrected chi connectivity index (χ4v) is 1.65. The Kier molecular flexibility index (Phi) is 5.01. The Bertz CT molecular complexity index is 544. The van der Waals surface area contributed by atoms with Crippen LogP contribution in [0.1, 0.15) is 18.9 Å². The van der Waals surface area contributed by atoms with E-state index in [9.17, 15) is 19.7 Å². The second kappa shape index (κ2) is 6.50. The van der Waals surface area contributed by atoms with E-state index in [1.165, 1.54) is 25.1 Å². The van der Waals surface area contributed by atoms with Gasteiger partial charge in [-0.2, -0.15) is 0 Å². The monoisotopic (exact) mass is 281 g/mol. The highest BCUT2D eigenvalue weighted by Crippen LogP contribution is 2.24. The average molecular weight is 281 g/mol. The third-order valence-electron chi connectivity index (χ3n) is 2.61. The van der Waals surface area contributed by atoms with Crippen LogP contribution in [0.3, 0.4) is 0 Å². The number of hydrogen-bond acceptors (Lipinski definition) is 4. The van der Waals surface area contributed by atoms with Crippen LogP contribution in [0.25, 0.3) is 0 Å². The number of rotatable bonds is 5. The maximum Gasteiger partial charge on any atom is 0.319 e. The normalized spacial score (nSPS) is 11.5. The van der Waals surface area contributed by atoms with Crippen LogP contribution in [-0.4, -0.2) is 28.1 Å². The second-order valence-electron chi connectivity index (χ2n) is 4.30. The first-order valence-electron chi connectivity index (χ1n) is 5.84. The van der Waals surface area contributed by atoms with Gasteiger partial charge in [0.1, 0.15) is 0 Å². The minimum absolute atomic E-state index is 0.0959. The quantitative estimate of drug-likeness (QED) is 0.562. The molecular weight excluding hydrogens is 266 g/mol. The SMILES string of the molecule is Cc1c(NC(=O)NC(C)CC(=O)O)cccc1[N+](=O)[O-]. The number of carbonyl (C=O) groups excluding carboxylic acids is 1. The largest absolute Gasteiger partial charge is 0.481 e. The Hall–Kier alpha value is -2.64. The van der Waals surface area contributed by atoms with Crippen LogP contribution in [0.5, 0.6) is 0 Å². The second-order valence-corrected chi connectivity index (χ2v) is 4.30. The fourth-order valence-electron chi connectivity index (χ4n) is 1.65. The van der Waals surface area contributed by atoms with Gasteiger partial charge in [0, 0.05) is 12.1 Å². The molecule has 0 spiro atoms. The molecule has 108 valence electrons. The van der Waals surface area contributed by atoms with Crippen LogP contribution < -0.4 is 10.6 Å². The highest BCUT2D eigenvalue weighted by atomic mass is 16.6. The summed E-state index contributed by atoms with van der Waals surface area (Å²) in [4.78, 5) is 32.4. The summed E-state index contributed by atoms with van der Waals surface area (Å²) in [5.74, 6) is -1.02.